The summed E-state index contributed by atoms with van der Waals surface area (Å²) in [4.78, 5) is 27.3. The second kappa shape index (κ2) is 5.48. The summed E-state index contributed by atoms with van der Waals surface area (Å²) in [5, 5.41) is 0.697. The van der Waals surface area contributed by atoms with E-state index in [1.54, 1.807) is 19.1 Å². The van der Waals surface area contributed by atoms with Gasteiger partial charge in [0.05, 0.1) is 18.2 Å². The van der Waals surface area contributed by atoms with E-state index in [2.05, 4.69) is 9.72 Å². The molecule has 0 radical (unpaired) electrons. The first-order valence-electron chi connectivity index (χ1n) is 5.72. The zero-order valence-corrected chi connectivity index (χ0v) is 10.7. The molecular formula is C14H13NO4. The number of carbonyl (C=O) groups is 2. The Morgan fingerprint density at radius 1 is 1.26 bits per heavy atom. The smallest absolute Gasteiger partial charge is 0.344 e. The van der Waals surface area contributed by atoms with Crippen LogP contribution < -0.4 is 0 Å². The number of carbonyl (C=O) groups excluding carboxylic acids is 2. The van der Waals surface area contributed by atoms with Crippen LogP contribution in [0.25, 0.3) is 10.9 Å². The van der Waals surface area contributed by atoms with Crippen LogP contribution in [0.2, 0.25) is 0 Å². The predicted molar refractivity (Wildman–Crippen MR) is 68.8 cm³/mol. The van der Waals surface area contributed by atoms with Crippen molar-refractivity contribution in [1.29, 1.82) is 0 Å². The number of benzene rings is 1. The molecule has 0 aliphatic heterocycles. The maximum atomic E-state index is 12.0. The molecule has 5 nitrogen and oxygen atoms in total. The highest BCUT2D eigenvalue weighted by molar-refractivity contribution is 6.03. The molecule has 1 aromatic heterocycles. The van der Waals surface area contributed by atoms with Gasteiger partial charge in [-0.05, 0) is 19.1 Å². The van der Waals surface area contributed by atoms with Gasteiger partial charge in [-0.1, -0.05) is 18.2 Å². The molecular weight excluding hydrogens is 246 g/mol. The number of rotatable bonds is 3. The number of methoxy groups -OCH3 is 1. The molecule has 0 fully saturated rings. The molecule has 98 valence electrons. The third-order valence-corrected chi connectivity index (χ3v) is 2.61. The minimum atomic E-state index is -0.594. The summed E-state index contributed by atoms with van der Waals surface area (Å²) in [5.74, 6) is -1.16. The fourth-order valence-electron chi connectivity index (χ4n) is 1.74. The van der Waals surface area contributed by atoms with Crippen LogP contribution in [0.3, 0.4) is 0 Å². The Kier molecular flexibility index (Phi) is 3.75. The van der Waals surface area contributed by atoms with E-state index < -0.39 is 18.5 Å². The molecule has 2 aromatic rings. The Morgan fingerprint density at radius 2 is 2.00 bits per heavy atom. The fourth-order valence-corrected chi connectivity index (χ4v) is 1.74. The van der Waals surface area contributed by atoms with Crippen molar-refractivity contribution in [3.63, 3.8) is 0 Å². The van der Waals surface area contributed by atoms with Crippen molar-refractivity contribution < 1.29 is 19.1 Å². The van der Waals surface area contributed by atoms with Crippen molar-refractivity contribution in [2.24, 2.45) is 0 Å². The van der Waals surface area contributed by atoms with Gasteiger partial charge < -0.3 is 9.47 Å². The Morgan fingerprint density at radius 3 is 2.74 bits per heavy atom. The first kappa shape index (κ1) is 13.0. The summed E-state index contributed by atoms with van der Waals surface area (Å²) < 4.78 is 9.32. The van der Waals surface area contributed by atoms with Gasteiger partial charge in [0, 0.05) is 11.1 Å². The molecule has 19 heavy (non-hydrogen) atoms. The lowest BCUT2D eigenvalue weighted by atomic mass is 10.1. The van der Waals surface area contributed by atoms with E-state index in [4.69, 9.17) is 4.74 Å². The molecule has 0 saturated carbocycles. The van der Waals surface area contributed by atoms with Crippen molar-refractivity contribution in [3.05, 3.63) is 41.6 Å². The molecule has 0 amide bonds. The van der Waals surface area contributed by atoms with Gasteiger partial charge in [0.1, 0.15) is 0 Å². The minimum Gasteiger partial charge on any atom is -0.466 e. The van der Waals surface area contributed by atoms with Crippen molar-refractivity contribution in [1.82, 2.24) is 4.98 Å². The molecule has 0 spiro atoms. The maximum absolute atomic E-state index is 12.0. The molecule has 1 aromatic carbocycles. The van der Waals surface area contributed by atoms with Crippen LogP contribution in [0.5, 0.6) is 0 Å². The summed E-state index contributed by atoms with van der Waals surface area (Å²) in [5.41, 5.74) is 1.82. The van der Waals surface area contributed by atoms with E-state index >= 15 is 0 Å². The van der Waals surface area contributed by atoms with E-state index in [1.165, 1.54) is 7.11 Å². The van der Waals surface area contributed by atoms with Crippen LogP contribution in [0, 0.1) is 6.92 Å². The number of fused-ring (bicyclic) bond motifs is 1. The first-order valence-corrected chi connectivity index (χ1v) is 5.72. The Labute approximate surface area is 110 Å². The van der Waals surface area contributed by atoms with Crippen LogP contribution in [0.1, 0.15) is 16.1 Å². The monoisotopic (exact) mass is 259 g/mol. The van der Waals surface area contributed by atoms with Gasteiger partial charge in [-0.2, -0.15) is 0 Å². The normalized spacial score (nSPS) is 10.2. The average molecular weight is 259 g/mol. The maximum Gasteiger partial charge on any atom is 0.344 e. The van der Waals surface area contributed by atoms with Crippen LogP contribution in [-0.2, 0) is 14.3 Å². The van der Waals surface area contributed by atoms with Crippen LogP contribution >= 0.6 is 0 Å². The van der Waals surface area contributed by atoms with Gasteiger partial charge >= 0.3 is 11.9 Å². The number of para-hydroxylation sites is 1. The molecule has 5 heteroatoms. The van der Waals surface area contributed by atoms with Gasteiger partial charge in [0.25, 0.3) is 0 Å². The van der Waals surface area contributed by atoms with Crippen LogP contribution in [0.4, 0.5) is 0 Å². The molecule has 2 rings (SSSR count). The van der Waals surface area contributed by atoms with Gasteiger partial charge in [-0.25, -0.2) is 9.59 Å². The molecule has 0 aliphatic carbocycles. The third-order valence-electron chi connectivity index (χ3n) is 2.61. The molecule has 0 atom stereocenters. The predicted octanol–water partition coefficient (Wildman–Crippen LogP) is 1.87. The minimum absolute atomic E-state index is 0.395. The zero-order valence-electron chi connectivity index (χ0n) is 10.7. The molecule has 0 unspecified atom stereocenters. The second-order valence-electron chi connectivity index (χ2n) is 3.98. The topological polar surface area (TPSA) is 65.5 Å². The lowest BCUT2D eigenvalue weighted by molar-refractivity contribution is -0.144. The Balaban J connectivity index is 2.33. The van der Waals surface area contributed by atoms with E-state index in [9.17, 15) is 9.59 Å². The second-order valence-corrected chi connectivity index (χ2v) is 3.98. The standard InChI is InChI=1S/C14H13NO4/c1-9-7-11(14(17)19-8-13(16)18-2)10-5-3-4-6-12(10)15-9/h3-7H,8H2,1-2H3. The summed E-state index contributed by atoms with van der Waals surface area (Å²) >= 11 is 0. The largest absolute Gasteiger partial charge is 0.466 e. The van der Waals surface area contributed by atoms with Crippen LogP contribution in [0.15, 0.2) is 30.3 Å². The van der Waals surface area contributed by atoms with Crippen molar-refractivity contribution in [3.8, 4) is 0 Å². The van der Waals surface area contributed by atoms with E-state index in [0.717, 1.165) is 0 Å². The van der Waals surface area contributed by atoms with Crippen molar-refractivity contribution in [2.75, 3.05) is 13.7 Å². The highest BCUT2D eigenvalue weighted by atomic mass is 16.6. The SMILES string of the molecule is COC(=O)COC(=O)c1cc(C)nc2ccccc12. The number of ether oxygens (including phenoxy) is 2. The number of pyridine rings is 1. The summed E-state index contributed by atoms with van der Waals surface area (Å²) in [6, 6.07) is 8.91. The molecule has 0 saturated heterocycles. The lowest BCUT2D eigenvalue weighted by Crippen LogP contribution is -2.15. The van der Waals surface area contributed by atoms with Crippen molar-refractivity contribution >= 4 is 22.8 Å². The summed E-state index contributed by atoms with van der Waals surface area (Å²) in [6.07, 6.45) is 0. The van der Waals surface area contributed by atoms with E-state index in [-0.39, 0.29) is 0 Å². The lowest BCUT2D eigenvalue weighted by Gasteiger charge is -2.07. The number of nitrogens with zero attached hydrogens (tertiary/aromatic N) is 1. The number of hydrogen-bond acceptors (Lipinski definition) is 5. The van der Waals surface area contributed by atoms with Gasteiger partial charge in [0.15, 0.2) is 6.61 Å². The highest BCUT2D eigenvalue weighted by Gasteiger charge is 2.14. The number of esters is 2. The van der Waals surface area contributed by atoms with Crippen LogP contribution in [-0.4, -0.2) is 30.6 Å². The quantitative estimate of drug-likeness (QED) is 0.787. The molecule has 0 N–H and O–H groups in total. The molecule has 0 bridgehead atoms. The third kappa shape index (κ3) is 2.88. The zero-order chi connectivity index (χ0) is 13.8. The average Bonchev–Trinajstić information content (AvgIpc) is 2.43. The van der Waals surface area contributed by atoms with E-state index in [1.807, 2.05) is 18.2 Å². The van der Waals surface area contributed by atoms with Gasteiger partial charge in [0.2, 0.25) is 0 Å². The first-order chi connectivity index (χ1) is 9.11. The number of hydrogen-bond donors (Lipinski definition) is 0. The van der Waals surface area contributed by atoms with E-state index in [0.29, 0.717) is 22.2 Å². The summed E-state index contributed by atoms with van der Waals surface area (Å²) in [6.45, 7) is 1.40. The van der Waals surface area contributed by atoms with Gasteiger partial charge in [-0.3, -0.25) is 4.98 Å². The summed E-state index contributed by atoms with van der Waals surface area (Å²) in [7, 11) is 1.24. The molecule has 1 heterocycles. The van der Waals surface area contributed by atoms with Crippen molar-refractivity contribution in [2.45, 2.75) is 6.92 Å². The number of aryl methyl sites for hydroxylation is 1. The van der Waals surface area contributed by atoms with Gasteiger partial charge in [-0.15, -0.1) is 0 Å². The Hall–Kier alpha value is -2.43. The number of aromatic nitrogens is 1. The molecule has 0 aliphatic rings. The highest BCUT2D eigenvalue weighted by Crippen LogP contribution is 2.18. The fraction of sp³-hybridized carbons (Fsp3) is 0.214. The Bertz CT molecular complexity index is 636.